The zero-order valence-corrected chi connectivity index (χ0v) is 20.3. The van der Waals surface area contributed by atoms with Gasteiger partial charge in [-0.2, -0.15) is 0 Å². The highest BCUT2D eigenvalue weighted by Crippen LogP contribution is 2.34. The van der Waals surface area contributed by atoms with Gasteiger partial charge in [0.15, 0.2) is 16.8 Å². The maximum atomic E-state index is 6.54. The van der Waals surface area contributed by atoms with Gasteiger partial charge in [0.25, 0.3) is 0 Å². The highest BCUT2D eigenvalue weighted by atomic mass is 35.5. The molecule has 4 aromatic rings. The standard InChI is InChI=1S/C24H21ClN6S2/c1-2-16-12-18-22(17-10-6-7-11-19(17)25)26-13-20-29-30-21(31(20)23(18)33-16)14-27-24(32)28-15-8-4-3-5-9-15/h3-12H,2,13-14H2,1H3,(H2,27,28,32). The lowest BCUT2D eigenvalue weighted by Crippen LogP contribution is -2.29. The lowest BCUT2D eigenvalue weighted by atomic mass is 10.0. The molecule has 0 bridgehead atoms. The van der Waals surface area contributed by atoms with Crippen LogP contribution in [-0.4, -0.2) is 25.6 Å². The largest absolute Gasteiger partial charge is 0.355 e. The molecule has 0 radical (unpaired) electrons. The summed E-state index contributed by atoms with van der Waals surface area (Å²) in [6.45, 7) is 3.01. The van der Waals surface area contributed by atoms with Gasteiger partial charge in [-0.15, -0.1) is 21.5 Å². The van der Waals surface area contributed by atoms with Crippen LogP contribution in [0.1, 0.15) is 34.6 Å². The van der Waals surface area contributed by atoms with Gasteiger partial charge in [0.05, 0.1) is 12.3 Å². The molecule has 0 amide bonds. The quantitative estimate of drug-likeness (QED) is 0.366. The zero-order chi connectivity index (χ0) is 22.8. The van der Waals surface area contributed by atoms with E-state index in [1.807, 2.05) is 54.6 Å². The molecule has 0 saturated heterocycles. The second kappa shape index (κ2) is 9.43. The number of hydrogen-bond acceptors (Lipinski definition) is 5. The normalized spacial score (nSPS) is 12.4. The van der Waals surface area contributed by atoms with Crippen LogP contribution < -0.4 is 10.6 Å². The molecular formula is C24H21ClN6S2. The van der Waals surface area contributed by atoms with E-state index in [2.05, 4.69) is 38.4 Å². The predicted octanol–water partition coefficient (Wildman–Crippen LogP) is 5.38. The Labute approximate surface area is 206 Å². The van der Waals surface area contributed by atoms with Crippen LogP contribution in [0.15, 0.2) is 65.7 Å². The minimum Gasteiger partial charge on any atom is -0.355 e. The first-order valence-electron chi connectivity index (χ1n) is 10.6. The van der Waals surface area contributed by atoms with E-state index in [1.165, 1.54) is 4.88 Å². The van der Waals surface area contributed by atoms with Crippen LogP contribution in [0.3, 0.4) is 0 Å². The number of aliphatic imine (C=N–C) groups is 1. The van der Waals surface area contributed by atoms with Gasteiger partial charge < -0.3 is 10.6 Å². The molecule has 9 heteroatoms. The minimum atomic E-state index is 0.420. The molecule has 5 rings (SSSR count). The molecule has 0 saturated carbocycles. The molecule has 2 aromatic carbocycles. The van der Waals surface area contributed by atoms with E-state index < -0.39 is 0 Å². The first-order chi connectivity index (χ1) is 16.1. The molecule has 3 heterocycles. The number of aryl methyl sites for hydroxylation is 1. The van der Waals surface area contributed by atoms with Crippen molar-refractivity contribution in [2.24, 2.45) is 4.99 Å². The molecule has 0 fully saturated rings. The van der Waals surface area contributed by atoms with Crippen LogP contribution in [0.25, 0.3) is 5.00 Å². The smallest absolute Gasteiger partial charge is 0.171 e. The summed E-state index contributed by atoms with van der Waals surface area (Å²) in [6, 6.07) is 19.9. The summed E-state index contributed by atoms with van der Waals surface area (Å²) in [5.74, 6) is 1.57. The highest BCUT2D eigenvalue weighted by Gasteiger charge is 2.26. The average Bonchev–Trinajstić information content (AvgIpc) is 3.40. The number of halogens is 1. The SMILES string of the molecule is CCc1cc2c(s1)-n1c(nnc1CNC(=S)Nc1ccccc1)CN=C2c1ccccc1Cl. The van der Waals surface area contributed by atoms with E-state index in [9.17, 15) is 0 Å². The Hall–Kier alpha value is -3.07. The van der Waals surface area contributed by atoms with Crippen molar-refractivity contribution in [3.8, 4) is 5.00 Å². The highest BCUT2D eigenvalue weighted by molar-refractivity contribution is 7.80. The van der Waals surface area contributed by atoms with Crippen molar-refractivity contribution in [1.29, 1.82) is 0 Å². The number of thiophene rings is 1. The van der Waals surface area contributed by atoms with Crippen LogP contribution in [-0.2, 0) is 19.5 Å². The number of hydrogen-bond donors (Lipinski definition) is 2. The molecule has 0 atom stereocenters. The first-order valence-corrected chi connectivity index (χ1v) is 12.2. The lowest BCUT2D eigenvalue weighted by molar-refractivity contribution is 0.790. The molecule has 1 aliphatic heterocycles. The van der Waals surface area contributed by atoms with Crippen LogP contribution in [0.4, 0.5) is 5.69 Å². The van der Waals surface area contributed by atoms with E-state index in [1.54, 1.807) is 11.3 Å². The molecule has 6 nitrogen and oxygen atoms in total. The van der Waals surface area contributed by atoms with Gasteiger partial charge in [0, 0.05) is 26.7 Å². The molecule has 33 heavy (non-hydrogen) atoms. The van der Waals surface area contributed by atoms with E-state index in [0.717, 1.165) is 45.6 Å². The average molecular weight is 493 g/mol. The third-order valence-corrected chi connectivity index (χ3v) is 7.15. The maximum absolute atomic E-state index is 6.54. The Kier molecular flexibility index (Phi) is 6.22. The summed E-state index contributed by atoms with van der Waals surface area (Å²) >= 11 is 13.8. The van der Waals surface area contributed by atoms with Gasteiger partial charge in [0.2, 0.25) is 0 Å². The van der Waals surface area contributed by atoms with Crippen LogP contribution in [0, 0.1) is 0 Å². The first kappa shape index (κ1) is 21.8. The number of para-hydroxylation sites is 1. The molecule has 2 aromatic heterocycles. The Morgan fingerprint density at radius 2 is 1.88 bits per heavy atom. The summed E-state index contributed by atoms with van der Waals surface area (Å²) in [6.07, 6.45) is 0.934. The molecule has 2 N–H and O–H groups in total. The van der Waals surface area contributed by atoms with E-state index in [4.69, 9.17) is 28.8 Å². The van der Waals surface area contributed by atoms with Gasteiger partial charge in [-0.1, -0.05) is 54.9 Å². The third-order valence-electron chi connectivity index (χ3n) is 5.31. The number of thiocarbonyl (C=S) groups is 1. The van der Waals surface area contributed by atoms with Crippen molar-refractivity contribution in [2.75, 3.05) is 5.32 Å². The van der Waals surface area contributed by atoms with Crippen LogP contribution in [0.2, 0.25) is 5.02 Å². The van der Waals surface area contributed by atoms with Crippen LogP contribution in [0.5, 0.6) is 0 Å². The van der Waals surface area contributed by atoms with Gasteiger partial charge in [0.1, 0.15) is 11.5 Å². The van der Waals surface area contributed by atoms with Crippen molar-refractivity contribution in [3.05, 3.63) is 93.3 Å². The predicted molar refractivity (Wildman–Crippen MR) is 139 cm³/mol. The second-order valence-electron chi connectivity index (χ2n) is 7.47. The van der Waals surface area contributed by atoms with Gasteiger partial charge in [-0.3, -0.25) is 9.56 Å². The Balaban J connectivity index is 1.47. The zero-order valence-electron chi connectivity index (χ0n) is 17.9. The van der Waals surface area contributed by atoms with Crippen molar-refractivity contribution >= 4 is 51.7 Å². The number of rotatable bonds is 5. The number of benzene rings is 2. The van der Waals surface area contributed by atoms with E-state index in [0.29, 0.717) is 23.2 Å². The topological polar surface area (TPSA) is 67.1 Å². The number of aromatic nitrogens is 3. The summed E-state index contributed by atoms with van der Waals surface area (Å²) < 4.78 is 2.10. The lowest BCUT2D eigenvalue weighted by Gasteiger charge is -2.12. The monoisotopic (exact) mass is 492 g/mol. The number of nitrogens with zero attached hydrogens (tertiary/aromatic N) is 4. The fraction of sp³-hybridized carbons (Fsp3) is 0.167. The molecule has 0 aliphatic carbocycles. The summed E-state index contributed by atoms with van der Waals surface area (Å²) in [5.41, 5.74) is 3.79. The van der Waals surface area contributed by atoms with E-state index >= 15 is 0 Å². The van der Waals surface area contributed by atoms with Crippen molar-refractivity contribution in [3.63, 3.8) is 0 Å². The Morgan fingerprint density at radius 1 is 1.09 bits per heavy atom. The van der Waals surface area contributed by atoms with E-state index in [-0.39, 0.29) is 0 Å². The molecule has 166 valence electrons. The van der Waals surface area contributed by atoms with Gasteiger partial charge >= 0.3 is 0 Å². The molecular weight excluding hydrogens is 472 g/mol. The second-order valence-corrected chi connectivity index (χ2v) is 9.40. The summed E-state index contributed by atoms with van der Waals surface area (Å²) in [5, 5.41) is 17.6. The van der Waals surface area contributed by atoms with Crippen molar-refractivity contribution < 1.29 is 0 Å². The molecule has 1 aliphatic rings. The third kappa shape index (κ3) is 4.42. The molecule has 0 spiro atoms. The fourth-order valence-corrected chi connectivity index (χ4v) is 5.27. The summed E-state index contributed by atoms with van der Waals surface area (Å²) in [4.78, 5) is 6.17. The number of nitrogens with one attached hydrogen (secondary N) is 2. The van der Waals surface area contributed by atoms with Gasteiger partial charge in [-0.05, 0) is 42.9 Å². The number of fused-ring (bicyclic) bond motifs is 3. The van der Waals surface area contributed by atoms with Crippen molar-refractivity contribution in [2.45, 2.75) is 26.4 Å². The number of anilines is 1. The Bertz CT molecular complexity index is 1340. The molecule has 0 unspecified atom stereocenters. The summed E-state index contributed by atoms with van der Waals surface area (Å²) in [7, 11) is 0. The van der Waals surface area contributed by atoms with Crippen LogP contribution >= 0.6 is 35.2 Å². The Morgan fingerprint density at radius 3 is 2.67 bits per heavy atom. The fourth-order valence-electron chi connectivity index (χ4n) is 3.72. The van der Waals surface area contributed by atoms with Crippen molar-refractivity contribution in [1.82, 2.24) is 20.1 Å². The minimum absolute atomic E-state index is 0.420. The maximum Gasteiger partial charge on any atom is 0.171 e. The van der Waals surface area contributed by atoms with Gasteiger partial charge in [-0.25, -0.2) is 0 Å².